The molecule has 0 N–H and O–H groups in total. The van der Waals surface area contributed by atoms with E-state index in [1.165, 1.54) is 81.2 Å². The molecular formula is C39H23NS. The van der Waals surface area contributed by atoms with Crippen LogP contribution in [0.5, 0.6) is 0 Å². The third-order valence-electron chi connectivity index (χ3n) is 8.51. The van der Waals surface area contributed by atoms with Gasteiger partial charge < -0.3 is 0 Å². The molecule has 41 heavy (non-hydrogen) atoms. The number of pyridine rings is 1. The van der Waals surface area contributed by atoms with Crippen LogP contribution in [0.2, 0.25) is 0 Å². The molecule has 0 aliphatic heterocycles. The largest absolute Gasteiger partial charge is 0.256 e. The van der Waals surface area contributed by atoms with Crippen LogP contribution in [-0.2, 0) is 0 Å². The number of aromatic nitrogens is 1. The van der Waals surface area contributed by atoms with Crippen LogP contribution >= 0.6 is 11.3 Å². The van der Waals surface area contributed by atoms with Crippen molar-refractivity contribution in [2.45, 2.75) is 0 Å². The lowest BCUT2D eigenvalue weighted by Gasteiger charge is -2.24. The van der Waals surface area contributed by atoms with E-state index in [1.54, 1.807) is 0 Å². The molecule has 0 atom stereocenters. The first kappa shape index (κ1) is 22.7. The smallest absolute Gasteiger partial charge is 0.0708 e. The number of hydrogen-bond donors (Lipinski definition) is 0. The molecule has 0 saturated carbocycles. The number of rotatable bonds is 1. The van der Waals surface area contributed by atoms with E-state index in [4.69, 9.17) is 4.98 Å². The predicted octanol–water partition coefficient (Wildman–Crippen LogP) is 11.3. The van der Waals surface area contributed by atoms with Gasteiger partial charge in [0.15, 0.2) is 0 Å². The molecule has 0 bridgehead atoms. The average molecular weight is 538 g/mol. The van der Waals surface area contributed by atoms with Crippen molar-refractivity contribution in [3.8, 4) is 55.6 Å². The molecule has 0 saturated heterocycles. The topological polar surface area (TPSA) is 12.9 Å². The molecular weight excluding hydrogens is 515 g/mol. The van der Waals surface area contributed by atoms with E-state index in [0.29, 0.717) is 0 Å². The van der Waals surface area contributed by atoms with Crippen molar-refractivity contribution in [2.24, 2.45) is 0 Å². The van der Waals surface area contributed by atoms with E-state index in [0.717, 1.165) is 5.52 Å². The fourth-order valence-corrected chi connectivity index (χ4v) is 7.94. The van der Waals surface area contributed by atoms with Gasteiger partial charge in [0, 0.05) is 31.8 Å². The van der Waals surface area contributed by atoms with Crippen LogP contribution < -0.4 is 0 Å². The quantitative estimate of drug-likeness (QED) is 0.203. The van der Waals surface area contributed by atoms with Gasteiger partial charge in [-0.2, -0.15) is 0 Å². The van der Waals surface area contributed by atoms with E-state index in [-0.39, 0.29) is 0 Å². The van der Waals surface area contributed by atoms with Crippen LogP contribution in [0.15, 0.2) is 140 Å². The molecule has 2 heteroatoms. The van der Waals surface area contributed by atoms with E-state index in [9.17, 15) is 0 Å². The van der Waals surface area contributed by atoms with Crippen LogP contribution in [0, 0.1) is 0 Å². The Kier molecular flexibility index (Phi) is 4.84. The van der Waals surface area contributed by atoms with E-state index in [1.807, 2.05) is 17.5 Å². The van der Waals surface area contributed by atoms with Crippen molar-refractivity contribution < 1.29 is 0 Å². The van der Waals surface area contributed by atoms with Crippen LogP contribution in [0.3, 0.4) is 0 Å². The first-order valence-electron chi connectivity index (χ1n) is 14.0. The predicted molar refractivity (Wildman–Crippen MR) is 175 cm³/mol. The van der Waals surface area contributed by atoms with Crippen molar-refractivity contribution in [3.05, 3.63) is 140 Å². The summed E-state index contributed by atoms with van der Waals surface area (Å²) in [5.74, 6) is 0. The highest BCUT2D eigenvalue weighted by Gasteiger charge is 2.24. The summed E-state index contributed by atoms with van der Waals surface area (Å²) >= 11 is 1.89. The molecule has 6 aromatic carbocycles. The van der Waals surface area contributed by atoms with E-state index >= 15 is 0 Å². The third-order valence-corrected chi connectivity index (χ3v) is 9.73. The monoisotopic (exact) mass is 537 g/mol. The summed E-state index contributed by atoms with van der Waals surface area (Å²) in [5.41, 5.74) is 13.6. The van der Waals surface area contributed by atoms with E-state index < -0.39 is 0 Å². The van der Waals surface area contributed by atoms with Crippen molar-refractivity contribution in [2.75, 3.05) is 0 Å². The van der Waals surface area contributed by atoms with Crippen molar-refractivity contribution in [3.63, 3.8) is 0 Å². The number of hydrogen-bond acceptors (Lipinski definition) is 2. The second kappa shape index (κ2) is 8.72. The minimum absolute atomic E-state index is 1.02. The lowest BCUT2D eigenvalue weighted by molar-refractivity contribution is 1.41. The average Bonchev–Trinajstić information content (AvgIpc) is 3.42. The van der Waals surface area contributed by atoms with E-state index in [2.05, 4.69) is 133 Å². The lowest BCUT2D eigenvalue weighted by atomic mass is 9.79. The van der Waals surface area contributed by atoms with Crippen LogP contribution in [0.1, 0.15) is 0 Å². The molecule has 0 amide bonds. The zero-order valence-corrected chi connectivity index (χ0v) is 23.0. The van der Waals surface area contributed by atoms with Crippen molar-refractivity contribution >= 4 is 42.4 Å². The number of nitrogens with zero attached hydrogens (tertiary/aromatic N) is 1. The summed E-state index contributed by atoms with van der Waals surface area (Å²) in [6, 6.07) is 48.9. The molecule has 2 aromatic heterocycles. The van der Waals surface area contributed by atoms with Gasteiger partial charge in [-0.05, 0) is 79.9 Å². The van der Waals surface area contributed by atoms with Gasteiger partial charge in [-0.15, -0.1) is 11.3 Å². The summed E-state index contributed by atoms with van der Waals surface area (Å²) in [6.45, 7) is 0. The van der Waals surface area contributed by atoms with Gasteiger partial charge in [0.25, 0.3) is 0 Å². The highest BCUT2D eigenvalue weighted by Crippen LogP contribution is 2.50. The second-order valence-electron chi connectivity index (χ2n) is 10.7. The molecule has 9 rings (SSSR count). The molecule has 0 unspecified atom stereocenters. The maximum absolute atomic E-state index is 4.74. The summed E-state index contributed by atoms with van der Waals surface area (Å²) in [6.07, 6.45) is 1.89. The van der Waals surface area contributed by atoms with Crippen LogP contribution in [0.25, 0.3) is 86.7 Å². The summed E-state index contributed by atoms with van der Waals surface area (Å²) < 4.78 is 2.67. The zero-order valence-electron chi connectivity index (χ0n) is 22.1. The fraction of sp³-hybridized carbons (Fsp3) is 0. The first-order valence-corrected chi connectivity index (χ1v) is 14.8. The summed E-state index contributed by atoms with van der Waals surface area (Å²) in [5, 5.41) is 3.84. The molecule has 1 nitrogen and oxygen atoms in total. The standard InChI is InChI=1S/C39H23NS/c1-2-10-27-26(9-1)28-11-3-4-13-31(28)38-32(20-21-36-34(38)16-8-22-40-36)35-23-24(18-19-29(27)35)25-14-7-15-33-30-12-5-6-17-37(30)41-39(25)33/h1-23H. The maximum atomic E-state index is 4.74. The van der Waals surface area contributed by atoms with Gasteiger partial charge in [0.05, 0.1) is 5.52 Å². The molecule has 0 radical (unpaired) electrons. The van der Waals surface area contributed by atoms with Gasteiger partial charge in [-0.3, -0.25) is 4.98 Å². The van der Waals surface area contributed by atoms with Gasteiger partial charge in [0.2, 0.25) is 0 Å². The Morgan fingerprint density at radius 3 is 1.90 bits per heavy atom. The molecule has 1 aliphatic rings. The Morgan fingerprint density at radius 1 is 0.415 bits per heavy atom. The highest BCUT2D eigenvalue weighted by molar-refractivity contribution is 7.26. The third kappa shape index (κ3) is 3.32. The minimum Gasteiger partial charge on any atom is -0.256 e. The van der Waals surface area contributed by atoms with Gasteiger partial charge in [-0.25, -0.2) is 0 Å². The SMILES string of the molecule is c1ccc2c(c1)-c1ccc(-c3cccc4c3sc3ccccc34)cc1-c1ccc3ncccc3c1-c1ccccc1-2. The Bertz CT molecular complexity index is 2320. The highest BCUT2D eigenvalue weighted by atomic mass is 32.1. The maximum Gasteiger partial charge on any atom is 0.0708 e. The number of thiophene rings is 1. The zero-order chi connectivity index (χ0) is 26.9. The molecule has 1 aliphatic carbocycles. The fourth-order valence-electron chi connectivity index (χ4n) is 6.70. The Balaban J connectivity index is 1.41. The molecule has 190 valence electrons. The van der Waals surface area contributed by atoms with Gasteiger partial charge >= 0.3 is 0 Å². The normalized spacial score (nSPS) is 11.9. The molecule has 0 spiro atoms. The molecule has 8 aromatic rings. The molecule has 0 fully saturated rings. The second-order valence-corrected chi connectivity index (χ2v) is 11.7. The number of fused-ring (bicyclic) bond motifs is 13. The summed E-state index contributed by atoms with van der Waals surface area (Å²) in [7, 11) is 0. The minimum atomic E-state index is 1.02. The van der Waals surface area contributed by atoms with Crippen molar-refractivity contribution in [1.29, 1.82) is 0 Å². The van der Waals surface area contributed by atoms with Gasteiger partial charge in [0.1, 0.15) is 0 Å². The molecule has 2 heterocycles. The van der Waals surface area contributed by atoms with Crippen LogP contribution in [-0.4, -0.2) is 4.98 Å². The van der Waals surface area contributed by atoms with Crippen LogP contribution in [0.4, 0.5) is 0 Å². The van der Waals surface area contributed by atoms with Crippen molar-refractivity contribution in [1.82, 2.24) is 4.98 Å². The first-order chi connectivity index (χ1) is 20.3. The Labute approximate surface area is 242 Å². The lowest BCUT2D eigenvalue weighted by Crippen LogP contribution is -1.98. The summed E-state index contributed by atoms with van der Waals surface area (Å²) in [4.78, 5) is 4.74. The van der Waals surface area contributed by atoms with Gasteiger partial charge in [-0.1, -0.05) is 109 Å². The number of benzene rings is 6. The Morgan fingerprint density at radius 2 is 1.05 bits per heavy atom. The Hall–Kier alpha value is -5.05.